The van der Waals surface area contributed by atoms with E-state index in [1.54, 1.807) is 6.92 Å². The van der Waals surface area contributed by atoms with E-state index in [1.807, 2.05) is 6.07 Å². The summed E-state index contributed by atoms with van der Waals surface area (Å²) in [5.41, 5.74) is 9.43. The largest absolute Gasteiger partial charge is 0.339 e. The Bertz CT molecular complexity index is 1680. The van der Waals surface area contributed by atoms with E-state index in [4.69, 9.17) is 9.97 Å². The van der Waals surface area contributed by atoms with Gasteiger partial charge < -0.3 is 9.80 Å². The van der Waals surface area contributed by atoms with Crippen LogP contribution in [0.5, 0.6) is 0 Å². The maximum atomic E-state index is 13.1. The first-order valence-electron chi connectivity index (χ1n) is 15.0. The summed E-state index contributed by atoms with van der Waals surface area (Å²) in [6.45, 7) is 6.13. The molecule has 4 aromatic rings. The molecule has 208 valence electrons. The summed E-state index contributed by atoms with van der Waals surface area (Å²) in [7, 11) is 0. The van der Waals surface area contributed by atoms with Crippen LogP contribution in [0.4, 0.5) is 5.95 Å². The van der Waals surface area contributed by atoms with Crippen LogP contribution < -0.4 is 4.90 Å². The van der Waals surface area contributed by atoms with E-state index < -0.39 is 0 Å². The second-order valence-corrected chi connectivity index (χ2v) is 12.0. The van der Waals surface area contributed by atoms with Gasteiger partial charge in [-0.05, 0) is 91.5 Å². The van der Waals surface area contributed by atoms with Crippen LogP contribution in [0.1, 0.15) is 54.1 Å². The predicted molar refractivity (Wildman–Crippen MR) is 162 cm³/mol. The molecule has 0 radical (unpaired) electrons. The maximum Gasteiger partial charge on any atom is 0.227 e. The molecule has 3 aliphatic rings. The smallest absolute Gasteiger partial charge is 0.227 e. The van der Waals surface area contributed by atoms with E-state index in [0.29, 0.717) is 18.7 Å². The van der Waals surface area contributed by atoms with Gasteiger partial charge in [-0.1, -0.05) is 48.5 Å². The first kappa shape index (κ1) is 25.9. The molecule has 1 aromatic heterocycles. The van der Waals surface area contributed by atoms with E-state index >= 15 is 0 Å². The lowest BCUT2D eigenvalue weighted by molar-refractivity contribution is -0.134. The van der Waals surface area contributed by atoms with Crippen molar-refractivity contribution in [3.8, 4) is 11.1 Å². The van der Waals surface area contributed by atoms with Crippen LogP contribution in [0.25, 0.3) is 22.0 Å². The highest BCUT2D eigenvalue weighted by atomic mass is 16.2. The average Bonchev–Trinajstić information content (AvgIpc) is 3.00. The van der Waals surface area contributed by atoms with Gasteiger partial charge in [-0.3, -0.25) is 9.59 Å². The molecular weight excluding hydrogens is 508 g/mol. The van der Waals surface area contributed by atoms with Crippen molar-refractivity contribution in [1.29, 1.82) is 0 Å². The summed E-state index contributed by atoms with van der Waals surface area (Å²) in [6.07, 6.45) is 5.20. The van der Waals surface area contributed by atoms with Crippen LogP contribution in [-0.2, 0) is 35.4 Å². The van der Waals surface area contributed by atoms with E-state index in [0.717, 1.165) is 73.3 Å². The predicted octanol–water partition coefficient (Wildman–Crippen LogP) is 5.85. The van der Waals surface area contributed by atoms with Gasteiger partial charge in [0, 0.05) is 37.0 Å². The Morgan fingerprint density at radius 2 is 1.78 bits per heavy atom. The molecule has 0 spiro atoms. The zero-order valence-electron chi connectivity index (χ0n) is 23.9. The zero-order chi connectivity index (χ0) is 28.1. The van der Waals surface area contributed by atoms with Gasteiger partial charge in [0.1, 0.15) is 5.78 Å². The molecule has 0 saturated carbocycles. The number of Topliss-reactive ketones (excluding diaryl/α,β-unsaturated/α-hetero) is 1. The number of hydrogen-bond donors (Lipinski definition) is 0. The summed E-state index contributed by atoms with van der Waals surface area (Å²) in [5.74, 6) is 1.41. The highest BCUT2D eigenvalue weighted by molar-refractivity contribution is 5.88. The van der Waals surface area contributed by atoms with Crippen LogP contribution in [0.15, 0.2) is 60.7 Å². The van der Waals surface area contributed by atoms with Crippen molar-refractivity contribution in [2.75, 3.05) is 18.0 Å². The monoisotopic (exact) mass is 544 g/mol. The van der Waals surface area contributed by atoms with Gasteiger partial charge in [-0.15, -0.1) is 0 Å². The van der Waals surface area contributed by atoms with E-state index in [2.05, 4.69) is 71.3 Å². The molecule has 3 aromatic carbocycles. The number of aromatic nitrogens is 2. The Morgan fingerprint density at radius 3 is 2.63 bits per heavy atom. The fraction of sp³-hybridized carbons (Fsp3) is 0.371. The third kappa shape index (κ3) is 4.79. The number of aryl methyl sites for hydroxylation is 1. The standard InChI is InChI=1S/C35H36N4O2/c1-22-32-18-27(30-11-5-9-26-17-24(23(2)40)12-14-31(26)30)13-15-33(32)37-35(36-22)38-16-6-10-29(21-38)39-20-28-8-4-3-7-25(28)19-34(39)41/h3-5,7-9,11,13,15,18,24,29H,6,10,12,14,16-17,19-21H2,1-2H3/t24?,29-/m1/s1. The average molecular weight is 545 g/mol. The Labute approximate surface area is 241 Å². The molecule has 3 heterocycles. The molecule has 1 amide bonds. The van der Waals surface area contributed by atoms with Gasteiger partial charge in [-0.2, -0.15) is 0 Å². The minimum atomic E-state index is 0.140. The van der Waals surface area contributed by atoms with Gasteiger partial charge in [0.05, 0.1) is 17.6 Å². The molecule has 1 unspecified atom stereocenters. The number of fused-ring (bicyclic) bond motifs is 3. The van der Waals surface area contributed by atoms with Crippen molar-refractivity contribution in [2.45, 2.75) is 65.0 Å². The molecule has 2 atom stereocenters. The normalized spacial score (nSPS) is 20.6. The Morgan fingerprint density at radius 1 is 0.951 bits per heavy atom. The molecule has 1 fully saturated rings. The molecular formula is C35H36N4O2. The fourth-order valence-electron chi connectivity index (χ4n) is 7.14. The van der Waals surface area contributed by atoms with Crippen molar-refractivity contribution < 1.29 is 9.59 Å². The number of nitrogens with zero attached hydrogens (tertiary/aromatic N) is 4. The second kappa shape index (κ2) is 10.4. The fourth-order valence-corrected chi connectivity index (χ4v) is 7.14. The molecule has 6 nitrogen and oxygen atoms in total. The van der Waals surface area contributed by atoms with Crippen LogP contribution in [0.3, 0.4) is 0 Å². The first-order valence-corrected chi connectivity index (χ1v) is 15.0. The first-order chi connectivity index (χ1) is 19.9. The van der Waals surface area contributed by atoms with Crippen LogP contribution in [-0.4, -0.2) is 45.7 Å². The van der Waals surface area contributed by atoms with Crippen molar-refractivity contribution in [1.82, 2.24) is 14.9 Å². The lowest BCUT2D eigenvalue weighted by Gasteiger charge is -2.41. The van der Waals surface area contributed by atoms with Crippen LogP contribution in [0, 0.1) is 12.8 Å². The van der Waals surface area contributed by atoms with Gasteiger partial charge in [0.15, 0.2) is 0 Å². The van der Waals surface area contributed by atoms with Crippen molar-refractivity contribution in [3.05, 3.63) is 88.6 Å². The van der Waals surface area contributed by atoms with Gasteiger partial charge in [0.2, 0.25) is 11.9 Å². The maximum absolute atomic E-state index is 13.1. The number of hydrogen-bond acceptors (Lipinski definition) is 5. The SMILES string of the molecule is CC(=O)C1CCc2c(cccc2-c2ccc3nc(N4CCC[C@@H](N5Cc6ccccc6CC5=O)C4)nc(C)c3c2)C1. The molecule has 1 saturated heterocycles. The summed E-state index contributed by atoms with van der Waals surface area (Å²) in [6, 6.07) is 21.5. The molecule has 6 heteroatoms. The van der Waals surface area contributed by atoms with Crippen molar-refractivity contribution >= 4 is 28.5 Å². The quantitative estimate of drug-likeness (QED) is 0.322. The molecule has 7 rings (SSSR count). The Balaban J connectivity index is 1.15. The van der Waals surface area contributed by atoms with E-state index in [1.165, 1.54) is 27.8 Å². The van der Waals surface area contributed by atoms with E-state index in [-0.39, 0.29) is 17.9 Å². The van der Waals surface area contributed by atoms with Crippen LogP contribution >= 0.6 is 0 Å². The van der Waals surface area contributed by atoms with Gasteiger partial charge in [0.25, 0.3) is 0 Å². The highest BCUT2D eigenvalue weighted by Crippen LogP contribution is 2.36. The molecule has 1 aliphatic carbocycles. The number of piperidine rings is 1. The van der Waals surface area contributed by atoms with Gasteiger partial charge in [-0.25, -0.2) is 9.97 Å². The molecule has 0 N–H and O–H groups in total. The van der Waals surface area contributed by atoms with Crippen LogP contribution in [0.2, 0.25) is 0 Å². The lowest BCUT2D eigenvalue weighted by Crippen LogP contribution is -2.52. The number of carbonyl (C=O) groups excluding carboxylic acids is 2. The van der Waals surface area contributed by atoms with Gasteiger partial charge >= 0.3 is 0 Å². The minimum Gasteiger partial charge on any atom is -0.339 e. The van der Waals surface area contributed by atoms with Crippen molar-refractivity contribution in [2.24, 2.45) is 5.92 Å². The topological polar surface area (TPSA) is 66.4 Å². The Hall–Kier alpha value is -4.06. The summed E-state index contributed by atoms with van der Waals surface area (Å²) >= 11 is 0. The van der Waals surface area contributed by atoms with E-state index in [9.17, 15) is 9.59 Å². The molecule has 41 heavy (non-hydrogen) atoms. The number of anilines is 1. The number of carbonyl (C=O) groups is 2. The number of benzene rings is 3. The molecule has 2 aliphatic heterocycles. The lowest BCUT2D eigenvalue weighted by atomic mass is 9.79. The molecule has 0 bridgehead atoms. The summed E-state index contributed by atoms with van der Waals surface area (Å²) in [5, 5.41) is 1.07. The number of rotatable bonds is 4. The minimum absolute atomic E-state index is 0.140. The third-order valence-electron chi connectivity index (χ3n) is 9.48. The second-order valence-electron chi connectivity index (χ2n) is 12.0. The zero-order valence-corrected chi connectivity index (χ0v) is 23.9. The number of amides is 1. The van der Waals surface area contributed by atoms with Crippen molar-refractivity contribution in [3.63, 3.8) is 0 Å². The highest BCUT2D eigenvalue weighted by Gasteiger charge is 2.33. The summed E-state index contributed by atoms with van der Waals surface area (Å²) < 4.78 is 0. The number of ketones is 1. The third-order valence-corrected chi connectivity index (χ3v) is 9.48. The summed E-state index contributed by atoms with van der Waals surface area (Å²) in [4.78, 5) is 39.4. The Kier molecular flexibility index (Phi) is 6.57.